The molecular weight excluding hydrogens is 269 g/mol. The SMILES string of the molecule is Clc1cccc(Cl)c1COCCC1CCCNC1. The van der Waals surface area contributed by atoms with E-state index in [0.29, 0.717) is 16.7 Å². The zero-order chi connectivity index (χ0) is 12.8. The lowest BCUT2D eigenvalue weighted by molar-refractivity contribution is 0.103. The van der Waals surface area contributed by atoms with E-state index >= 15 is 0 Å². The summed E-state index contributed by atoms with van der Waals surface area (Å²) in [6.07, 6.45) is 3.69. The molecule has 18 heavy (non-hydrogen) atoms. The summed E-state index contributed by atoms with van der Waals surface area (Å²) in [5.74, 6) is 0.750. The largest absolute Gasteiger partial charge is 0.377 e. The van der Waals surface area contributed by atoms with Crippen molar-refractivity contribution in [3.8, 4) is 0 Å². The number of nitrogens with one attached hydrogen (secondary N) is 1. The zero-order valence-electron chi connectivity index (χ0n) is 10.4. The Morgan fingerprint density at radius 3 is 2.72 bits per heavy atom. The summed E-state index contributed by atoms with van der Waals surface area (Å²) in [5, 5.41) is 4.78. The second kappa shape index (κ2) is 7.34. The van der Waals surface area contributed by atoms with Crippen LogP contribution in [0.2, 0.25) is 10.0 Å². The summed E-state index contributed by atoms with van der Waals surface area (Å²) in [5.41, 5.74) is 0.891. The highest BCUT2D eigenvalue weighted by Crippen LogP contribution is 2.25. The summed E-state index contributed by atoms with van der Waals surface area (Å²) in [6, 6.07) is 5.54. The van der Waals surface area contributed by atoms with Gasteiger partial charge >= 0.3 is 0 Å². The van der Waals surface area contributed by atoms with E-state index in [9.17, 15) is 0 Å². The molecule has 100 valence electrons. The fourth-order valence-corrected chi connectivity index (χ4v) is 2.77. The molecule has 0 bridgehead atoms. The van der Waals surface area contributed by atoms with Crippen molar-refractivity contribution in [1.82, 2.24) is 5.32 Å². The molecule has 2 nitrogen and oxygen atoms in total. The molecule has 1 aromatic carbocycles. The Labute approximate surface area is 119 Å². The third-order valence-electron chi connectivity index (χ3n) is 3.38. The average molecular weight is 288 g/mol. The van der Waals surface area contributed by atoms with E-state index in [2.05, 4.69) is 5.32 Å². The van der Waals surface area contributed by atoms with Crippen LogP contribution in [-0.4, -0.2) is 19.7 Å². The monoisotopic (exact) mass is 287 g/mol. The molecule has 1 unspecified atom stereocenters. The van der Waals surface area contributed by atoms with Crippen LogP contribution < -0.4 is 5.32 Å². The number of benzene rings is 1. The molecule has 1 aromatic rings. The molecule has 1 N–H and O–H groups in total. The Morgan fingerprint density at radius 1 is 1.28 bits per heavy atom. The van der Waals surface area contributed by atoms with Crippen LogP contribution in [0.1, 0.15) is 24.8 Å². The number of rotatable bonds is 5. The van der Waals surface area contributed by atoms with E-state index in [0.717, 1.165) is 37.6 Å². The van der Waals surface area contributed by atoms with E-state index in [-0.39, 0.29) is 0 Å². The van der Waals surface area contributed by atoms with Gasteiger partial charge in [0, 0.05) is 22.2 Å². The predicted molar refractivity (Wildman–Crippen MR) is 76.3 cm³/mol. The van der Waals surface area contributed by atoms with Gasteiger partial charge < -0.3 is 10.1 Å². The molecule has 0 aliphatic carbocycles. The topological polar surface area (TPSA) is 21.3 Å². The van der Waals surface area contributed by atoms with Gasteiger partial charge in [-0.15, -0.1) is 0 Å². The lowest BCUT2D eigenvalue weighted by atomic mass is 9.97. The van der Waals surface area contributed by atoms with Crippen LogP contribution in [0, 0.1) is 5.92 Å². The Balaban J connectivity index is 1.71. The maximum Gasteiger partial charge on any atom is 0.0746 e. The number of hydrogen-bond acceptors (Lipinski definition) is 2. The average Bonchev–Trinajstić information content (AvgIpc) is 2.38. The molecule has 1 fully saturated rings. The quantitative estimate of drug-likeness (QED) is 0.830. The van der Waals surface area contributed by atoms with E-state index in [1.54, 1.807) is 0 Å². The van der Waals surface area contributed by atoms with Gasteiger partial charge in [-0.3, -0.25) is 0 Å². The highest BCUT2D eigenvalue weighted by molar-refractivity contribution is 6.35. The number of hydrogen-bond donors (Lipinski definition) is 1. The van der Waals surface area contributed by atoms with Crippen LogP contribution in [0.3, 0.4) is 0 Å². The zero-order valence-corrected chi connectivity index (χ0v) is 11.9. The standard InChI is InChI=1S/C14H19Cl2NO/c15-13-4-1-5-14(16)12(13)10-18-8-6-11-3-2-7-17-9-11/h1,4-5,11,17H,2-3,6-10H2. The lowest BCUT2D eigenvalue weighted by Crippen LogP contribution is -2.30. The summed E-state index contributed by atoms with van der Waals surface area (Å²) in [6.45, 7) is 3.55. The second-order valence-electron chi connectivity index (χ2n) is 4.75. The van der Waals surface area contributed by atoms with Gasteiger partial charge in [-0.1, -0.05) is 29.3 Å². The smallest absolute Gasteiger partial charge is 0.0746 e. The first-order chi connectivity index (χ1) is 8.77. The number of ether oxygens (including phenoxy) is 1. The summed E-state index contributed by atoms with van der Waals surface area (Å²) in [4.78, 5) is 0. The van der Waals surface area contributed by atoms with Crippen LogP contribution in [0.15, 0.2) is 18.2 Å². The molecule has 1 heterocycles. The molecule has 1 atom stereocenters. The minimum atomic E-state index is 0.499. The minimum Gasteiger partial charge on any atom is -0.377 e. The highest BCUT2D eigenvalue weighted by atomic mass is 35.5. The summed E-state index contributed by atoms with van der Waals surface area (Å²) < 4.78 is 5.69. The maximum atomic E-state index is 6.08. The van der Waals surface area contributed by atoms with Crippen molar-refractivity contribution in [2.45, 2.75) is 25.9 Å². The Morgan fingerprint density at radius 2 is 2.06 bits per heavy atom. The van der Waals surface area contributed by atoms with Crippen molar-refractivity contribution >= 4 is 23.2 Å². The molecule has 4 heteroatoms. The van der Waals surface area contributed by atoms with E-state index in [1.807, 2.05) is 18.2 Å². The Bertz CT molecular complexity index is 358. The van der Waals surface area contributed by atoms with Crippen LogP contribution in [-0.2, 0) is 11.3 Å². The fourth-order valence-electron chi connectivity index (χ4n) is 2.26. The van der Waals surface area contributed by atoms with Gasteiger partial charge in [0.2, 0.25) is 0 Å². The van der Waals surface area contributed by atoms with Gasteiger partial charge in [0.25, 0.3) is 0 Å². The molecule has 1 saturated heterocycles. The predicted octanol–water partition coefficient (Wildman–Crippen LogP) is 3.90. The van der Waals surface area contributed by atoms with Gasteiger partial charge in [-0.25, -0.2) is 0 Å². The first-order valence-electron chi connectivity index (χ1n) is 6.48. The first kappa shape index (κ1) is 14.1. The van der Waals surface area contributed by atoms with Crippen LogP contribution in [0.25, 0.3) is 0 Å². The first-order valence-corrected chi connectivity index (χ1v) is 7.24. The van der Waals surface area contributed by atoms with Crippen molar-refractivity contribution in [1.29, 1.82) is 0 Å². The molecule has 0 saturated carbocycles. The molecule has 2 rings (SSSR count). The number of halogens is 2. The van der Waals surface area contributed by atoms with E-state index in [1.165, 1.54) is 12.8 Å². The second-order valence-corrected chi connectivity index (χ2v) is 5.57. The van der Waals surface area contributed by atoms with Crippen LogP contribution >= 0.6 is 23.2 Å². The summed E-state index contributed by atoms with van der Waals surface area (Å²) in [7, 11) is 0. The normalized spacial score (nSPS) is 20.0. The molecule has 1 aliphatic heterocycles. The third kappa shape index (κ3) is 4.13. The fraction of sp³-hybridized carbons (Fsp3) is 0.571. The van der Waals surface area contributed by atoms with Gasteiger partial charge in [0.05, 0.1) is 6.61 Å². The molecular formula is C14H19Cl2NO. The van der Waals surface area contributed by atoms with Crippen LogP contribution in [0.5, 0.6) is 0 Å². The van der Waals surface area contributed by atoms with Gasteiger partial charge in [-0.2, -0.15) is 0 Å². The molecule has 0 radical (unpaired) electrons. The Hall–Kier alpha value is -0.280. The van der Waals surface area contributed by atoms with Gasteiger partial charge in [-0.05, 0) is 50.4 Å². The summed E-state index contributed by atoms with van der Waals surface area (Å²) >= 11 is 12.2. The maximum absolute atomic E-state index is 6.08. The molecule has 0 aromatic heterocycles. The minimum absolute atomic E-state index is 0.499. The molecule has 0 amide bonds. The van der Waals surface area contributed by atoms with Crippen molar-refractivity contribution in [3.63, 3.8) is 0 Å². The number of piperidine rings is 1. The highest BCUT2D eigenvalue weighted by Gasteiger charge is 2.12. The third-order valence-corrected chi connectivity index (χ3v) is 4.09. The van der Waals surface area contributed by atoms with Crippen molar-refractivity contribution in [2.24, 2.45) is 5.92 Å². The van der Waals surface area contributed by atoms with E-state index < -0.39 is 0 Å². The van der Waals surface area contributed by atoms with Crippen molar-refractivity contribution in [3.05, 3.63) is 33.8 Å². The van der Waals surface area contributed by atoms with Crippen molar-refractivity contribution < 1.29 is 4.74 Å². The van der Waals surface area contributed by atoms with Crippen LogP contribution in [0.4, 0.5) is 0 Å². The van der Waals surface area contributed by atoms with Gasteiger partial charge in [0.15, 0.2) is 0 Å². The van der Waals surface area contributed by atoms with Gasteiger partial charge in [0.1, 0.15) is 0 Å². The van der Waals surface area contributed by atoms with Crippen molar-refractivity contribution in [2.75, 3.05) is 19.7 Å². The molecule has 1 aliphatic rings. The lowest BCUT2D eigenvalue weighted by Gasteiger charge is -2.22. The Kier molecular flexibility index (Phi) is 5.77. The van der Waals surface area contributed by atoms with E-state index in [4.69, 9.17) is 27.9 Å². The molecule has 0 spiro atoms.